The van der Waals surface area contributed by atoms with Crippen LogP contribution < -0.4 is 10.1 Å². The maximum atomic E-state index is 6.03. The van der Waals surface area contributed by atoms with Gasteiger partial charge in [-0.1, -0.05) is 29.3 Å². The molecule has 3 nitrogen and oxygen atoms in total. The molecule has 1 saturated heterocycles. The van der Waals surface area contributed by atoms with Crippen molar-refractivity contribution in [2.75, 3.05) is 39.3 Å². The summed E-state index contributed by atoms with van der Waals surface area (Å²) in [5.74, 6) is 0.598. The van der Waals surface area contributed by atoms with Gasteiger partial charge in [0.25, 0.3) is 0 Å². The topological polar surface area (TPSA) is 24.5 Å². The zero-order valence-electron chi connectivity index (χ0n) is 10.3. The van der Waals surface area contributed by atoms with Crippen LogP contribution in [0, 0.1) is 0 Å². The number of hydrogen-bond acceptors (Lipinski definition) is 3. The Kier molecular flexibility index (Phi) is 5.57. The molecule has 2 rings (SSSR count). The van der Waals surface area contributed by atoms with Gasteiger partial charge in [-0.15, -0.1) is 0 Å². The average molecular weight is 289 g/mol. The van der Waals surface area contributed by atoms with E-state index in [-0.39, 0.29) is 0 Å². The van der Waals surface area contributed by atoms with Crippen LogP contribution in [0.3, 0.4) is 0 Å². The van der Waals surface area contributed by atoms with Gasteiger partial charge in [-0.05, 0) is 18.6 Å². The number of ether oxygens (including phenoxy) is 1. The molecular weight excluding hydrogens is 271 g/mol. The van der Waals surface area contributed by atoms with Crippen molar-refractivity contribution < 1.29 is 4.74 Å². The van der Waals surface area contributed by atoms with Gasteiger partial charge in [0.15, 0.2) is 5.75 Å². The Bertz CT molecular complexity index is 361. The number of para-hydroxylation sites is 1. The van der Waals surface area contributed by atoms with Crippen molar-refractivity contribution in [3.8, 4) is 5.75 Å². The molecular formula is C13H18Cl2N2O. The lowest BCUT2D eigenvalue weighted by molar-refractivity contribution is 0.214. The summed E-state index contributed by atoms with van der Waals surface area (Å²) in [4.78, 5) is 2.44. The lowest BCUT2D eigenvalue weighted by Gasteiger charge is -2.27. The van der Waals surface area contributed by atoms with E-state index < -0.39 is 0 Å². The molecule has 0 saturated carbocycles. The van der Waals surface area contributed by atoms with Crippen LogP contribution in [-0.2, 0) is 0 Å². The van der Waals surface area contributed by atoms with Crippen LogP contribution in [-0.4, -0.2) is 44.2 Å². The Morgan fingerprint density at radius 2 is 1.83 bits per heavy atom. The molecule has 1 aromatic carbocycles. The highest BCUT2D eigenvalue weighted by Crippen LogP contribution is 2.32. The standard InChI is InChI=1S/C13H18Cl2N2O/c14-11-3-1-4-12(15)13(11)18-10-2-7-17-8-5-16-6-9-17/h1,3-4,16H,2,5-10H2. The second kappa shape index (κ2) is 7.19. The Balaban J connectivity index is 1.71. The van der Waals surface area contributed by atoms with Crippen molar-refractivity contribution in [2.45, 2.75) is 6.42 Å². The first-order valence-corrected chi connectivity index (χ1v) is 7.03. The zero-order valence-corrected chi connectivity index (χ0v) is 11.8. The van der Waals surface area contributed by atoms with E-state index in [1.165, 1.54) is 0 Å². The van der Waals surface area contributed by atoms with Gasteiger partial charge in [-0.3, -0.25) is 0 Å². The van der Waals surface area contributed by atoms with Crippen molar-refractivity contribution >= 4 is 23.2 Å². The first-order valence-electron chi connectivity index (χ1n) is 6.27. The molecule has 0 atom stereocenters. The minimum atomic E-state index is 0.574. The number of rotatable bonds is 5. The third-order valence-corrected chi connectivity index (χ3v) is 3.59. The van der Waals surface area contributed by atoms with E-state index >= 15 is 0 Å². The van der Waals surface area contributed by atoms with E-state index in [0.29, 0.717) is 22.4 Å². The van der Waals surface area contributed by atoms with E-state index in [2.05, 4.69) is 10.2 Å². The Hall–Kier alpha value is -0.480. The molecule has 1 fully saturated rings. The quantitative estimate of drug-likeness (QED) is 0.843. The van der Waals surface area contributed by atoms with Gasteiger partial charge in [0.05, 0.1) is 16.7 Å². The van der Waals surface area contributed by atoms with Crippen molar-refractivity contribution in [1.82, 2.24) is 10.2 Å². The van der Waals surface area contributed by atoms with E-state index in [1.807, 2.05) is 6.07 Å². The molecule has 0 radical (unpaired) electrons. The minimum Gasteiger partial charge on any atom is -0.490 e. The average Bonchev–Trinajstić information content (AvgIpc) is 2.38. The summed E-state index contributed by atoms with van der Waals surface area (Å²) in [6.07, 6.45) is 0.988. The zero-order chi connectivity index (χ0) is 12.8. The van der Waals surface area contributed by atoms with Gasteiger partial charge in [-0.25, -0.2) is 0 Å². The molecule has 0 bridgehead atoms. The normalized spacial score (nSPS) is 16.8. The van der Waals surface area contributed by atoms with Crippen LogP contribution in [0.2, 0.25) is 10.0 Å². The van der Waals surface area contributed by atoms with Crippen molar-refractivity contribution in [3.05, 3.63) is 28.2 Å². The first-order chi connectivity index (χ1) is 8.77. The summed E-state index contributed by atoms with van der Waals surface area (Å²) in [6.45, 7) is 6.10. The highest BCUT2D eigenvalue weighted by Gasteiger charge is 2.09. The summed E-state index contributed by atoms with van der Waals surface area (Å²) >= 11 is 12.1. The molecule has 0 aliphatic carbocycles. The van der Waals surface area contributed by atoms with E-state index in [4.69, 9.17) is 27.9 Å². The van der Waals surface area contributed by atoms with Gasteiger partial charge in [0.1, 0.15) is 0 Å². The van der Waals surface area contributed by atoms with Gasteiger partial charge in [0.2, 0.25) is 0 Å². The minimum absolute atomic E-state index is 0.574. The van der Waals surface area contributed by atoms with Gasteiger partial charge in [-0.2, -0.15) is 0 Å². The van der Waals surface area contributed by atoms with Crippen molar-refractivity contribution in [2.24, 2.45) is 0 Å². The number of halogens is 2. The monoisotopic (exact) mass is 288 g/mol. The predicted octanol–water partition coefficient (Wildman–Crippen LogP) is 2.67. The van der Waals surface area contributed by atoms with Crippen molar-refractivity contribution in [1.29, 1.82) is 0 Å². The van der Waals surface area contributed by atoms with E-state index in [0.717, 1.165) is 39.1 Å². The smallest absolute Gasteiger partial charge is 0.156 e. The summed E-state index contributed by atoms with van der Waals surface area (Å²) in [7, 11) is 0. The van der Waals surface area contributed by atoms with E-state index in [1.54, 1.807) is 12.1 Å². The van der Waals surface area contributed by atoms with Crippen LogP contribution in [0.25, 0.3) is 0 Å². The molecule has 1 aliphatic heterocycles. The first kappa shape index (κ1) is 13.9. The van der Waals surface area contributed by atoms with Gasteiger partial charge < -0.3 is 15.0 Å². The number of hydrogen-bond donors (Lipinski definition) is 1. The highest BCUT2D eigenvalue weighted by molar-refractivity contribution is 6.37. The number of benzene rings is 1. The molecule has 0 unspecified atom stereocenters. The number of nitrogens with zero attached hydrogens (tertiary/aromatic N) is 1. The summed E-state index contributed by atoms with van der Waals surface area (Å²) in [5.41, 5.74) is 0. The van der Waals surface area contributed by atoms with Crippen LogP contribution in [0.5, 0.6) is 5.75 Å². The maximum absolute atomic E-state index is 6.03. The van der Waals surface area contributed by atoms with Gasteiger partial charge in [0, 0.05) is 32.7 Å². The molecule has 0 spiro atoms. The second-order valence-electron chi connectivity index (χ2n) is 4.34. The second-order valence-corrected chi connectivity index (χ2v) is 5.16. The maximum Gasteiger partial charge on any atom is 0.156 e. The van der Waals surface area contributed by atoms with Crippen molar-refractivity contribution in [3.63, 3.8) is 0 Å². The summed E-state index contributed by atoms with van der Waals surface area (Å²) < 4.78 is 5.65. The molecule has 100 valence electrons. The fourth-order valence-electron chi connectivity index (χ4n) is 2.02. The van der Waals surface area contributed by atoms with E-state index in [9.17, 15) is 0 Å². The summed E-state index contributed by atoms with van der Waals surface area (Å²) in [6, 6.07) is 5.40. The Labute approximate surface area is 118 Å². The third kappa shape index (κ3) is 4.02. The fourth-order valence-corrected chi connectivity index (χ4v) is 2.52. The Morgan fingerprint density at radius 1 is 1.17 bits per heavy atom. The fraction of sp³-hybridized carbons (Fsp3) is 0.538. The SMILES string of the molecule is Clc1cccc(Cl)c1OCCCN1CCNCC1. The lowest BCUT2D eigenvalue weighted by atomic mass is 10.3. The molecule has 1 heterocycles. The number of piperazine rings is 1. The molecule has 1 aliphatic rings. The summed E-state index contributed by atoms with van der Waals surface area (Å²) in [5, 5.41) is 4.49. The van der Waals surface area contributed by atoms with Gasteiger partial charge >= 0.3 is 0 Å². The predicted molar refractivity (Wildman–Crippen MR) is 75.9 cm³/mol. The Morgan fingerprint density at radius 3 is 2.50 bits per heavy atom. The number of nitrogens with one attached hydrogen (secondary N) is 1. The molecule has 18 heavy (non-hydrogen) atoms. The lowest BCUT2D eigenvalue weighted by Crippen LogP contribution is -2.43. The third-order valence-electron chi connectivity index (χ3n) is 2.99. The molecule has 1 aromatic rings. The molecule has 5 heteroatoms. The largest absolute Gasteiger partial charge is 0.490 e. The van der Waals surface area contributed by atoms with Crippen LogP contribution >= 0.6 is 23.2 Å². The molecule has 0 amide bonds. The van der Waals surface area contributed by atoms with Crippen LogP contribution in [0.4, 0.5) is 0 Å². The van der Waals surface area contributed by atoms with Crippen LogP contribution in [0.15, 0.2) is 18.2 Å². The van der Waals surface area contributed by atoms with Crippen LogP contribution in [0.1, 0.15) is 6.42 Å². The highest BCUT2D eigenvalue weighted by atomic mass is 35.5. The molecule has 1 N–H and O–H groups in total. The molecule has 0 aromatic heterocycles.